The summed E-state index contributed by atoms with van der Waals surface area (Å²) in [5, 5.41) is 2.75. The molecule has 0 spiro atoms. The largest absolute Gasteiger partial charge is 0.326 e. The zero-order valence-electron chi connectivity index (χ0n) is 12.7. The Kier molecular flexibility index (Phi) is 4.14. The second-order valence-electron chi connectivity index (χ2n) is 5.49. The van der Waals surface area contributed by atoms with Gasteiger partial charge in [0.25, 0.3) is 0 Å². The maximum atomic E-state index is 12.7. The van der Waals surface area contributed by atoms with E-state index in [9.17, 15) is 13.2 Å². The van der Waals surface area contributed by atoms with Crippen molar-refractivity contribution in [1.82, 2.24) is 9.29 Å². The normalized spacial score (nSPS) is 14.4. The molecule has 2 aromatic rings. The molecule has 120 valence electrons. The molecule has 3 rings (SSSR count). The molecule has 0 fully saturated rings. The first kappa shape index (κ1) is 15.6. The number of benzene rings is 1. The van der Waals surface area contributed by atoms with Crippen LogP contribution in [-0.4, -0.2) is 30.7 Å². The Morgan fingerprint density at radius 3 is 2.83 bits per heavy atom. The molecular weight excluding hydrogens is 314 g/mol. The molecule has 23 heavy (non-hydrogen) atoms. The van der Waals surface area contributed by atoms with Crippen molar-refractivity contribution < 1.29 is 13.2 Å². The number of sulfonamides is 1. The SMILES string of the molecule is CN(Cc1cccnc1)S(=O)(=O)c1ccc2c(c1)CCC(=O)N2. The number of aryl methyl sites for hydroxylation is 1. The van der Waals surface area contributed by atoms with Crippen LogP contribution < -0.4 is 5.32 Å². The molecule has 0 saturated carbocycles. The molecule has 1 aromatic carbocycles. The highest BCUT2D eigenvalue weighted by atomic mass is 32.2. The number of nitrogens with one attached hydrogen (secondary N) is 1. The Morgan fingerprint density at radius 2 is 2.09 bits per heavy atom. The van der Waals surface area contributed by atoms with E-state index in [0.717, 1.165) is 11.1 Å². The molecule has 0 atom stereocenters. The number of carbonyl (C=O) groups is 1. The average molecular weight is 331 g/mol. The van der Waals surface area contributed by atoms with Crippen LogP contribution in [0.15, 0.2) is 47.6 Å². The monoisotopic (exact) mass is 331 g/mol. The van der Waals surface area contributed by atoms with Crippen molar-refractivity contribution in [2.45, 2.75) is 24.3 Å². The number of fused-ring (bicyclic) bond motifs is 1. The van der Waals surface area contributed by atoms with Gasteiger partial charge in [0.1, 0.15) is 0 Å². The lowest BCUT2D eigenvalue weighted by atomic mass is 10.0. The zero-order chi connectivity index (χ0) is 16.4. The van der Waals surface area contributed by atoms with Gasteiger partial charge in [-0.15, -0.1) is 0 Å². The molecule has 2 heterocycles. The van der Waals surface area contributed by atoms with Crippen molar-refractivity contribution in [3.63, 3.8) is 0 Å². The highest BCUT2D eigenvalue weighted by molar-refractivity contribution is 7.89. The van der Waals surface area contributed by atoms with Crippen molar-refractivity contribution in [2.24, 2.45) is 0 Å². The summed E-state index contributed by atoms with van der Waals surface area (Å²) in [6, 6.07) is 8.43. The molecular formula is C16H17N3O3S. The van der Waals surface area contributed by atoms with Crippen molar-refractivity contribution in [3.05, 3.63) is 53.9 Å². The lowest BCUT2D eigenvalue weighted by molar-refractivity contribution is -0.116. The molecule has 1 aromatic heterocycles. The maximum absolute atomic E-state index is 12.7. The standard InChI is InChI=1S/C16H17N3O3S/c1-19(11-12-3-2-8-17-10-12)23(21,22)14-5-6-15-13(9-14)4-7-16(20)18-15/h2-3,5-6,8-10H,4,7,11H2,1H3,(H,18,20). The van der Waals surface area contributed by atoms with Gasteiger partial charge in [0.2, 0.25) is 15.9 Å². The quantitative estimate of drug-likeness (QED) is 0.926. The minimum absolute atomic E-state index is 0.0400. The number of nitrogens with zero attached hydrogens (tertiary/aromatic N) is 2. The Hall–Kier alpha value is -2.25. The fourth-order valence-corrected chi connectivity index (χ4v) is 3.74. The minimum Gasteiger partial charge on any atom is -0.326 e. The van der Waals surface area contributed by atoms with Gasteiger partial charge in [-0.1, -0.05) is 6.07 Å². The van der Waals surface area contributed by atoms with E-state index in [2.05, 4.69) is 10.3 Å². The summed E-state index contributed by atoms with van der Waals surface area (Å²) in [6.07, 6.45) is 4.23. The summed E-state index contributed by atoms with van der Waals surface area (Å²) < 4.78 is 26.7. The van der Waals surface area contributed by atoms with Gasteiger partial charge >= 0.3 is 0 Å². The van der Waals surface area contributed by atoms with E-state index in [1.54, 1.807) is 37.6 Å². The molecule has 0 aliphatic carbocycles. The predicted octanol–water partition coefficient (Wildman–Crippen LogP) is 1.79. The van der Waals surface area contributed by atoms with Crippen LogP contribution in [-0.2, 0) is 27.8 Å². The highest BCUT2D eigenvalue weighted by Crippen LogP contribution is 2.27. The minimum atomic E-state index is -3.59. The number of pyridine rings is 1. The molecule has 0 bridgehead atoms. The molecule has 0 unspecified atom stereocenters. The number of amides is 1. The van der Waals surface area contributed by atoms with Crippen LogP contribution in [0.5, 0.6) is 0 Å². The summed E-state index contributed by atoms with van der Waals surface area (Å²) in [5.74, 6) is -0.0400. The van der Waals surface area contributed by atoms with Crippen LogP contribution in [0.1, 0.15) is 17.5 Å². The summed E-state index contributed by atoms with van der Waals surface area (Å²) in [6.45, 7) is 0.254. The number of rotatable bonds is 4. The fourth-order valence-electron chi connectivity index (χ4n) is 2.53. The van der Waals surface area contributed by atoms with Crippen molar-refractivity contribution in [2.75, 3.05) is 12.4 Å². The fraction of sp³-hybridized carbons (Fsp3) is 0.250. The van der Waals surface area contributed by atoms with E-state index < -0.39 is 10.0 Å². The third-order valence-corrected chi connectivity index (χ3v) is 5.61. The number of hydrogen-bond donors (Lipinski definition) is 1. The summed E-state index contributed by atoms with van der Waals surface area (Å²) >= 11 is 0. The Bertz CT molecular complexity index is 835. The molecule has 7 heteroatoms. The van der Waals surface area contributed by atoms with E-state index in [0.29, 0.717) is 18.5 Å². The zero-order valence-corrected chi connectivity index (χ0v) is 13.5. The molecule has 1 aliphatic heterocycles. The van der Waals surface area contributed by atoms with Crippen LogP contribution >= 0.6 is 0 Å². The molecule has 1 aliphatic rings. The lowest BCUT2D eigenvalue weighted by Gasteiger charge is -2.20. The number of carbonyl (C=O) groups excluding carboxylic acids is 1. The van der Waals surface area contributed by atoms with E-state index in [4.69, 9.17) is 0 Å². The molecule has 1 N–H and O–H groups in total. The van der Waals surface area contributed by atoms with Gasteiger partial charge in [-0.3, -0.25) is 9.78 Å². The number of anilines is 1. The summed E-state index contributed by atoms with van der Waals surface area (Å²) in [5.41, 5.74) is 2.36. The van der Waals surface area contributed by atoms with Crippen LogP contribution in [0.4, 0.5) is 5.69 Å². The Morgan fingerprint density at radius 1 is 1.26 bits per heavy atom. The van der Waals surface area contributed by atoms with Crippen LogP contribution in [0.25, 0.3) is 0 Å². The predicted molar refractivity (Wildman–Crippen MR) is 86.3 cm³/mol. The van der Waals surface area contributed by atoms with Gasteiger partial charge in [0.15, 0.2) is 0 Å². The molecule has 0 radical (unpaired) electrons. The summed E-state index contributed by atoms with van der Waals surface area (Å²) in [4.78, 5) is 15.6. The first-order chi connectivity index (χ1) is 11.0. The Labute approximate surface area is 135 Å². The van der Waals surface area contributed by atoms with Crippen LogP contribution in [0.2, 0.25) is 0 Å². The van der Waals surface area contributed by atoms with Crippen molar-refractivity contribution in [3.8, 4) is 0 Å². The van der Waals surface area contributed by atoms with Gasteiger partial charge < -0.3 is 5.32 Å². The second kappa shape index (κ2) is 6.10. The third-order valence-electron chi connectivity index (χ3n) is 3.81. The van der Waals surface area contributed by atoms with Gasteiger partial charge in [0, 0.05) is 38.1 Å². The van der Waals surface area contributed by atoms with Crippen LogP contribution in [0, 0.1) is 0 Å². The van der Waals surface area contributed by atoms with Crippen molar-refractivity contribution in [1.29, 1.82) is 0 Å². The first-order valence-electron chi connectivity index (χ1n) is 7.25. The van der Waals surface area contributed by atoms with E-state index in [1.165, 1.54) is 10.4 Å². The van der Waals surface area contributed by atoms with Crippen molar-refractivity contribution >= 4 is 21.6 Å². The molecule has 6 nitrogen and oxygen atoms in total. The highest BCUT2D eigenvalue weighted by Gasteiger charge is 2.23. The summed E-state index contributed by atoms with van der Waals surface area (Å²) in [7, 11) is -2.05. The lowest BCUT2D eigenvalue weighted by Crippen LogP contribution is -2.27. The molecule has 1 amide bonds. The van der Waals surface area contributed by atoms with Gasteiger partial charge in [-0.05, 0) is 41.8 Å². The van der Waals surface area contributed by atoms with E-state index in [1.807, 2.05) is 6.07 Å². The number of aromatic nitrogens is 1. The second-order valence-corrected chi connectivity index (χ2v) is 7.53. The smallest absolute Gasteiger partial charge is 0.243 e. The first-order valence-corrected chi connectivity index (χ1v) is 8.69. The van der Waals surface area contributed by atoms with Gasteiger partial charge in [-0.25, -0.2) is 8.42 Å². The molecule has 0 saturated heterocycles. The third kappa shape index (κ3) is 3.25. The number of hydrogen-bond acceptors (Lipinski definition) is 4. The van der Waals surface area contributed by atoms with Gasteiger partial charge in [-0.2, -0.15) is 4.31 Å². The topological polar surface area (TPSA) is 79.4 Å². The van der Waals surface area contributed by atoms with Crippen LogP contribution in [0.3, 0.4) is 0 Å². The average Bonchev–Trinajstić information content (AvgIpc) is 2.55. The van der Waals surface area contributed by atoms with E-state index in [-0.39, 0.29) is 17.3 Å². The maximum Gasteiger partial charge on any atom is 0.243 e. The Balaban J connectivity index is 1.86. The van der Waals surface area contributed by atoms with E-state index >= 15 is 0 Å². The van der Waals surface area contributed by atoms with Gasteiger partial charge in [0.05, 0.1) is 4.90 Å².